The van der Waals surface area contributed by atoms with E-state index in [4.69, 9.17) is 5.73 Å². The average molecular weight is 336 g/mol. The van der Waals surface area contributed by atoms with Crippen molar-refractivity contribution in [3.63, 3.8) is 0 Å². The van der Waals surface area contributed by atoms with Crippen molar-refractivity contribution in [3.8, 4) is 0 Å². The van der Waals surface area contributed by atoms with Gasteiger partial charge in [-0.1, -0.05) is 0 Å². The first kappa shape index (κ1) is 16.4. The standard InChI is InChI=1S/C15H20N4O5/c1-6(20)12-9-3-7(13(15(23)24)19(9)14(12)22)2-8-5-17-11(18-8)4-10(16)21/h6,8-9,12,20H,2-5H2,1H3,(H2,16,21)(H,17,18)(H,23,24)/t6-,8-,9-,12-/m1/s1. The highest BCUT2D eigenvalue weighted by molar-refractivity contribution is 6.00. The van der Waals surface area contributed by atoms with E-state index in [9.17, 15) is 24.6 Å². The van der Waals surface area contributed by atoms with Crippen LogP contribution in [0, 0.1) is 5.92 Å². The Morgan fingerprint density at radius 3 is 2.79 bits per heavy atom. The van der Waals surface area contributed by atoms with Gasteiger partial charge in [0.25, 0.3) is 0 Å². The minimum Gasteiger partial charge on any atom is -0.477 e. The Labute approximate surface area is 138 Å². The molecule has 3 heterocycles. The maximum absolute atomic E-state index is 12.1. The quantitative estimate of drug-likeness (QED) is 0.438. The number of rotatable bonds is 6. The van der Waals surface area contributed by atoms with E-state index < -0.39 is 23.9 Å². The van der Waals surface area contributed by atoms with E-state index in [-0.39, 0.29) is 30.1 Å². The largest absolute Gasteiger partial charge is 0.477 e. The molecule has 24 heavy (non-hydrogen) atoms. The Morgan fingerprint density at radius 2 is 2.21 bits per heavy atom. The molecule has 0 aromatic carbocycles. The Balaban J connectivity index is 1.76. The number of hydrogen-bond acceptors (Lipinski definition) is 6. The number of carbonyl (C=O) groups excluding carboxylic acids is 2. The summed E-state index contributed by atoms with van der Waals surface area (Å²) >= 11 is 0. The molecule has 4 atom stereocenters. The van der Waals surface area contributed by atoms with Gasteiger partial charge in [0.1, 0.15) is 11.5 Å². The number of nitrogens with two attached hydrogens (primary N) is 1. The van der Waals surface area contributed by atoms with Gasteiger partial charge in [-0.15, -0.1) is 0 Å². The van der Waals surface area contributed by atoms with E-state index in [0.717, 1.165) is 0 Å². The molecule has 0 aliphatic carbocycles. The lowest BCUT2D eigenvalue weighted by molar-refractivity contribution is -0.161. The molecule has 0 unspecified atom stereocenters. The molecule has 0 spiro atoms. The fraction of sp³-hybridized carbons (Fsp3) is 0.600. The number of carboxylic acids is 1. The highest BCUT2D eigenvalue weighted by Gasteiger charge is 2.56. The lowest BCUT2D eigenvalue weighted by atomic mass is 9.82. The molecule has 0 saturated carbocycles. The summed E-state index contributed by atoms with van der Waals surface area (Å²) in [5, 5.41) is 22.2. The van der Waals surface area contributed by atoms with Gasteiger partial charge in [-0.05, 0) is 25.3 Å². The lowest BCUT2D eigenvalue weighted by Crippen LogP contribution is -2.61. The zero-order chi connectivity index (χ0) is 17.6. The summed E-state index contributed by atoms with van der Waals surface area (Å²) in [5.41, 5.74) is 5.80. The number of nitrogens with one attached hydrogen (secondary N) is 1. The van der Waals surface area contributed by atoms with Crippen molar-refractivity contribution < 1.29 is 24.6 Å². The number of carboxylic acid groups (broad SMARTS) is 1. The van der Waals surface area contributed by atoms with Crippen LogP contribution in [0.5, 0.6) is 0 Å². The maximum atomic E-state index is 12.1. The second kappa shape index (κ2) is 5.90. The average Bonchev–Trinajstić information content (AvgIpc) is 3.01. The normalized spacial score (nSPS) is 29.8. The zero-order valence-electron chi connectivity index (χ0n) is 13.2. The van der Waals surface area contributed by atoms with Gasteiger partial charge in [-0.2, -0.15) is 0 Å². The molecule has 0 radical (unpaired) electrons. The van der Waals surface area contributed by atoms with Crippen LogP contribution in [0.3, 0.4) is 0 Å². The van der Waals surface area contributed by atoms with Crippen LogP contribution in [0.1, 0.15) is 26.2 Å². The molecule has 5 N–H and O–H groups in total. The van der Waals surface area contributed by atoms with Crippen molar-refractivity contribution in [1.82, 2.24) is 10.2 Å². The lowest BCUT2D eigenvalue weighted by Gasteiger charge is -2.44. The summed E-state index contributed by atoms with van der Waals surface area (Å²) < 4.78 is 0. The predicted octanol–water partition coefficient (Wildman–Crippen LogP) is -1.43. The number of amidine groups is 1. The van der Waals surface area contributed by atoms with E-state index in [2.05, 4.69) is 10.3 Å². The molecule has 3 rings (SSSR count). The Bertz CT molecular complexity index is 669. The smallest absolute Gasteiger partial charge is 0.352 e. The molecule has 1 fully saturated rings. The number of fused-ring (bicyclic) bond motifs is 1. The molecule has 0 bridgehead atoms. The van der Waals surface area contributed by atoms with E-state index in [1.807, 2.05) is 0 Å². The third-order valence-electron chi connectivity index (χ3n) is 4.73. The van der Waals surface area contributed by atoms with E-state index >= 15 is 0 Å². The summed E-state index contributed by atoms with van der Waals surface area (Å²) in [6.07, 6.45) is 0.0455. The molecule has 1 saturated heterocycles. The molecule has 3 aliphatic heterocycles. The van der Waals surface area contributed by atoms with Gasteiger partial charge >= 0.3 is 5.97 Å². The van der Waals surface area contributed by atoms with Gasteiger partial charge < -0.3 is 26.2 Å². The van der Waals surface area contributed by atoms with Gasteiger partial charge in [0.2, 0.25) is 11.8 Å². The van der Waals surface area contributed by atoms with Crippen LogP contribution in [0.25, 0.3) is 0 Å². The number of β-lactam (4-membered cyclic amide) rings is 1. The highest BCUT2D eigenvalue weighted by Crippen LogP contribution is 2.45. The number of carbonyl (C=O) groups is 3. The van der Waals surface area contributed by atoms with Crippen LogP contribution < -0.4 is 11.1 Å². The van der Waals surface area contributed by atoms with Gasteiger partial charge in [-0.3, -0.25) is 14.6 Å². The van der Waals surface area contributed by atoms with Crippen molar-refractivity contribution >= 4 is 23.6 Å². The fourth-order valence-electron chi connectivity index (χ4n) is 3.77. The van der Waals surface area contributed by atoms with E-state index in [1.54, 1.807) is 6.92 Å². The van der Waals surface area contributed by atoms with Crippen LogP contribution in [-0.4, -0.2) is 63.5 Å². The number of aliphatic hydroxyl groups is 1. The molecule has 9 nitrogen and oxygen atoms in total. The van der Waals surface area contributed by atoms with Crippen molar-refractivity contribution in [2.24, 2.45) is 16.6 Å². The molecule has 3 aliphatic rings. The zero-order valence-corrected chi connectivity index (χ0v) is 13.2. The van der Waals surface area contributed by atoms with Crippen molar-refractivity contribution in [2.75, 3.05) is 6.54 Å². The summed E-state index contributed by atoms with van der Waals surface area (Å²) in [6.45, 7) is 2.04. The molecular formula is C15H20N4O5. The summed E-state index contributed by atoms with van der Waals surface area (Å²) in [5.74, 6) is -2.01. The van der Waals surface area contributed by atoms with Crippen LogP contribution >= 0.6 is 0 Å². The molecule has 9 heteroatoms. The number of aliphatic carboxylic acids is 1. The third kappa shape index (κ3) is 2.64. The predicted molar refractivity (Wildman–Crippen MR) is 82.7 cm³/mol. The van der Waals surface area contributed by atoms with E-state index in [0.29, 0.717) is 30.8 Å². The SMILES string of the molecule is C[C@@H](O)[C@H]1C(=O)N2C(C(=O)O)=C(C[C@@H]3CNC(CC(N)=O)=N3)C[C@H]12. The summed E-state index contributed by atoms with van der Waals surface area (Å²) in [7, 11) is 0. The number of hydrogen-bond donors (Lipinski definition) is 4. The van der Waals surface area contributed by atoms with Crippen molar-refractivity contribution in [3.05, 3.63) is 11.3 Å². The number of amides is 2. The van der Waals surface area contributed by atoms with Crippen molar-refractivity contribution in [1.29, 1.82) is 0 Å². The number of aliphatic hydroxyl groups excluding tert-OH is 1. The fourth-order valence-corrected chi connectivity index (χ4v) is 3.77. The topological polar surface area (TPSA) is 145 Å². The maximum Gasteiger partial charge on any atom is 0.352 e. The summed E-state index contributed by atoms with van der Waals surface area (Å²) in [4.78, 5) is 40.3. The summed E-state index contributed by atoms with van der Waals surface area (Å²) in [6, 6.07) is -0.482. The Hall–Kier alpha value is -2.42. The van der Waals surface area contributed by atoms with Crippen LogP contribution in [0.15, 0.2) is 16.3 Å². The molecular weight excluding hydrogens is 316 g/mol. The number of aliphatic imine (C=N–C) groups is 1. The number of primary amides is 1. The first-order valence-electron chi connectivity index (χ1n) is 7.85. The third-order valence-corrected chi connectivity index (χ3v) is 4.73. The molecule has 2 amide bonds. The second-order valence-corrected chi connectivity index (χ2v) is 6.46. The Kier molecular flexibility index (Phi) is 4.04. The van der Waals surface area contributed by atoms with Crippen LogP contribution in [-0.2, 0) is 14.4 Å². The second-order valence-electron chi connectivity index (χ2n) is 6.46. The van der Waals surface area contributed by atoms with Gasteiger partial charge in [0.15, 0.2) is 0 Å². The van der Waals surface area contributed by atoms with E-state index in [1.165, 1.54) is 4.90 Å². The van der Waals surface area contributed by atoms with Crippen molar-refractivity contribution in [2.45, 2.75) is 44.4 Å². The first-order chi connectivity index (χ1) is 11.3. The highest BCUT2D eigenvalue weighted by atomic mass is 16.4. The van der Waals surface area contributed by atoms with Gasteiger partial charge in [0.05, 0.1) is 30.5 Å². The minimum atomic E-state index is -1.14. The van der Waals surface area contributed by atoms with Gasteiger partial charge in [0, 0.05) is 6.54 Å². The molecule has 130 valence electrons. The first-order valence-corrected chi connectivity index (χ1v) is 7.85. The van der Waals surface area contributed by atoms with Crippen LogP contribution in [0.4, 0.5) is 0 Å². The molecule has 0 aromatic heterocycles. The van der Waals surface area contributed by atoms with Gasteiger partial charge in [-0.25, -0.2) is 4.79 Å². The monoisotopic (exact) mass is 336 g/mol. The van der Waals surface area contributed by atoms with Crippen LogP contribution in [0.2, 0.25) is 0 Å². The number of nitrogens with zero attached hydrogens (tertiary/aromatic N) is 2. The molecule has 0 aromatic rings. The Morgan fingerprint density at radius 1 is 1.50 bits per heavy atom. The minimum absolute atomic E-state index is 0.0143.